The first-order valence-electron chi connectivity index (χ1n) is 12.5. The maximum atomic E-state index is 15.4. The van der Waals surface area contributed by atoms with Crippen LogP contribution in [-0.4, -0.2) is 51.2 Å². The average Bonchev–Trinajstić information content (AvgIpc) is 3.19. The molecular formula is C27H33F2N5S. The number of halogens is 2. The highest BCUT2D eigenvalue weighted by Crippen LogP contribution is 2.61. The van der Waals surface area contributed by atoms with Gasteiger partial charge in [0.2, 0.25) is 0 Å². The molecule has 0 radical (unpaired) electrons. The van der Waals surface area contributed by atoms with Crippen molar-refractivity contribution in [3.05, 3.63) is 77.9 Å². The van der Waals surface area contributed by atoms with Crippen LogP contribution in [0.1, 0.15) is 41.7 Å². The van der Waals surface area contributed by atoms with Crippen LogP contribution in [0.25, 0.3) is 0 Å². The molecule has 3 fully saturated rings. The largest absolute Gasteiger partial charge is 0.368 e. The summed E-state index contributed by atoms with van der Waals surface area (Å²) in [5.41, 5.74) is 2.22. The minimum absolute atomic E-state index is 0.298. The molecule has 186 valence electrons. The summed E-state index contributed by atoms with van der Waals surface area (Å²) in [6.45, 7) is 2.86. The second-order valence-corrected chi connectivity index (χ2v) is 14.4. The van der Waals surface area contributed by atoms with Gasteiger partial charge in [0.05, 0.1) is 5.69 Å². The number of hydrogen-bond acceptors (Lipinski definition) is 4. The molecule has 1 saturated carbocycles. The van der Waals surface area contributed by atoms with Crippen LogP contribution in [0.3, 0.4) is 0 Å². The summed E-state index contributed by atoms with van der Waals surface area (Å²) in [5.74, 6) is 0.285. The SMILES string of the molecule is CS1(C)[C@H](c2ccccc2)CCCCN1Cc1cc(F)c(N2C[C@@H]3C(n4cnnc4)[C@@H]3C2)cc1F. The molecule has 4 atom stereocenters. The second kappa shape index (κ2) is 8.89. The van der Waals surface area contributed by atoms with Gasteiger partial charge in [-0.25, -0.2) is 8.78 Å². The average molecular weight is 498 g/mol. The van der Waals surface area contributed by atoms with Gasteiger partial charge >= 0.3 is 0 Å². The summed E-state index contributed by atoms with van der Waals surface area (Å²) in [7, 11) is -1.22. The smallest absolute Gasteiger partial charge is 0.147 e. The van der Waals surface area contributed by atoms with Crippen molar-refractivity contribution in [2.75, 3.05) is 37.0 Å². The monoisotopic (exact) mass is 497 g/mol. The van der Waals surface area contributed by atoms with Crippen molar-refractivity contribution in [3.63, 3.8) is 0 Å². The summed E-state index contributed by atoms with van der Waals surface area (Å²) < 4.78 is 35.2. The molecular weight excluding hydrogens is 464 g/mol. The van der Waals surface area contributed by atoms with Gasteiger partial charge in [0.25, 0.3) is 0 Å². The molecule has 3 heterocycles. The first-order chi connectivity index (χ1) is 16.9. The van der Waals surface area contributed by atoms with E-state index in [0.717, 1.165) is 38.9 Å². The van der Waals surface area contributed by atoms with Gasteiger partial charge < -0.3 is 9.47 Å². The lowest BCUT2D eigenvalue weighted by molar-refractivity contribution is 0.435. The molecule has 8 heteroatoms. The minimum atomic E-state index is -1.22. The number of rotatable bonds is 5. The van der Waals surface area contributed by atoms with Crippen LogP contribution in [0.5, 0.6) is 0 Å². The first-order valence-corrected chi connectivity index (χ1v) is 15.0. The highest BCUT2D eigenvalue weighted by Gasteiger charge is 2.57. The molecule has 2 aromatic carbocycles. The van der Waals surface area contributed by atoms with E-state index >= 15 is 8.78 Å². The fourth-order valence-electron chi connectivity index (χ4n) is 6.36. The summed E-state index contributed by atoms with van der Waals surface area (Å²) in [6, 6.07) is 14.0. The van der Waals surface area contributed by atoms with E-state index in [4.69, 9.17) is 0 Å². The summed E-state index contributed by atoms with van der Waals surface area (Å²) in [6.07, 6.45) is 11.6. The number of fused-ring (bicyclic) bond motifs is 1. The Labute approximate surface area is 207 Å². The molecule has 35 heavy (non-hydrogen) atoms. The zero-order valence-electron chi connectivity index (χ0n) is 20.4. The third-order valence-corrected chi connectivity index (χ3v) is 11.9. The number of aromatic nitrogens is 3. The van der Waals surface area contributed by atoms with Crippen molar-refractivity contribution >= 4 is 15.9 Å². The lowest BCUT2D eigenvalue weighted by atomic mass is 10.1. The van der Waals surface area contributed by atoms with Gasteiger partial charge in [-0.2, -0.15) is 10.2 Å². The summed E-state index contributed by atoms with van der Waals surface area (Å²) in [5, 5.41) is 8.23. The van der Waals surface area contributed by atoms with Crippen LogP contribution in [-0.2, 0) is 6.54 Å². The molecule has 3 aliphatic rings. The van der Waals surface area contributed by atoms with Crippen LogP contribution < -0.4 is 4.90 Å². The number of benzene rings is 2. The van der Waals surface area contributed by atoms with Crippen molar-refractivity contribution in [1.29, 1.82) is 0 Å². The van der Waals surface area contributed by atoms with Gasteiger partial charge in [-0.05, 0) is 37.0 Å². The molecule has 5 nitrogen and oxygen atoms in total. The van der Waals surface area contributed by atoms with Crippen LogP contribution in [0.15, 0.2) is 55.1 Å². The minimum Gasteiger partial charge on any atom is -0.368 e. The Morgan fingerprint density at radius 3 is 2.37 bits per heavy atom. The predicted octanol–water partition coefficient (Wildman–Crippen LogP) is 5.57. The van der Waals surface area contributed by atoms with E-state index in [2.05, 4.69) is 57.3 Å². The molecule has 2 saturated heterocycles. The molecule has 0 N–H and O–H groups in total. The third kappa shape index (κ3) is 4.14. The Morgan fingerprint density at radius 2 is 1.66 bits per heavy atom. The van der Waals surface area contributed by atoms with E-state index in [1.807, 2.05) is 9.47 Å². The number of hydrogen-bond donors (Lipinski definition) is 0. The van der Waals surface area contributed by atoms with E-state index in [-0.39, 0.29) is 11.6 Å². The van der Waals surface area contributed by atoms with Crippen LogP contribution in [0.4, 0.5) is 14.5 Å². The topological polar surface area (TPSA) is 37.2 Å². The molecule has 1 aromatic heterocycles. The molecule has 1 aliphatic carbocycles. The number of nitrogens with zero attached hydrogens (tertiary/aromatic N) is 5. The Hall–Kier alpha value is -2.45. The van der Waals surface area contributed by atoms with Crippen molar-refractivity contribution < 1.29 is 8.78 Å². The second-order valence-electron chi connectivity index (χ2n) is 10.6. The summed E-state index contributed by atoms with van der Waals surface area (Å²) in [4.78, 5) is 2.00. The van der Waals surface area contributed by atoms with E-state index in [0.29, 0.717) is 40.9 Å². The van der Waals surface area contributed by atoms with E-state index < -0.39 is 10.2 Å². The number of anilines is 1. The maximum absolute atomic E-state index is 15.4. The van der Waals surface area contributed by atoms with Gasteiger partial charge in [0, 0.05) is 60.9 Å². The van der Waals surface area contributed by atoms with E-state index in [1.54, 1.807) is 12.7 Å². The first kappa shape index (κ1) is 23.0. The fourth-order valence-corrected chi connectivity index (χ4v) is 9.36. The zero-order chi connectivity index (χ0) is 24.2. The van der Waals surface area contributed by atoms with Gasteiger partial charge in [-0.1, -0.05) is 36.8 Å². The van der Waals surface area contributed by atoms with Gasteiger partial charge in [0.1, 0.15) is 24.3 Å². The molecule has 0 spiro atoms. The normalized spacial score (nSPS) is 29.0. The molecule has 0 amide bonds. The van der Waals surface area contributed by atoms with E-state index in [9.17, 15) is 0 Å². The maximum Gasteiger partial charge on any atom is 0.147 e. The molecule has 6 rings (SSSR count). The van der Waals surface area contributed by atoms with Crippen molar-refractivity contribution in [2.24, 2.45) is 11.8 Å². The van der Waals surface area contributed by atoms with Gasteiger partial charge in [-0.3, -0.25) is 4.31 Å². The fraction of sp³-hybridized carbons (Fsp3) is 0.481. The Bertz CT molecular complexity index is 1170. The van der Waals surface area contributed by atoms with Crippen molar-refractivity contribution in [1.82, 2.24) is 19.1 Å². The van der Waals surface area contributed by atoms with Gasteiger partial charge in [0.15, 0.2) is 0 Å². The van der Waals surface area contributed by atoms with Crippen LogP contribution in [0.2, 0.25) is 0 Å². The third-order valence-electron chi connectivity index (χ3n) is 8.39. The number of piperidine rings is 1. The highest BCUT2D eigenvalue weighted by atomic mass is 32.3. The van der Waals surface area contributed by atoms with Crippen molar-refractivity contribution in [3.8, 4) is 0 Å². The summed E-state index contributed by atoms with van der Waals surface area (Å²) >= 11 is 0. The molecule has 1 unspecified atom stereocenters. The molecule has 0 bridgehead atoms. The molecule has 3 aromatic rings. The van der Waals surface area contributed by atoms with E-state index in [1.165, 1.54) is 17.7 Å². The van der Waals surface area contributed by atoms with Gasteiger partial charge in [-0.15, -0.1) is 10.2 Å². The van der Waals surface area contributed by atoms with Crippen molar-refractivity contribution in [2.45, 2.75) is 37.1 Å². The van der Waals surface area contributed by atoms with Crippen LogP contribution in [0, 0.1) is 23.5 Å². The Morgan fingerprint density at radius 1 is 0.943 bits per heavy atom. The predicted molar refractivity (Wildman–Crippen MR) is 137 cm³/mol. The lowest BCUT2D eigenvalue weighted by Gasteiger charge is -2.48. The standard InChI is InChI=1S/C27H33F2N5S/c1-35(2)26(19-8-4-3-5-9-19)10-6-7-11-34(35)14-20-12-24(29)25(13-23(20)28)32-15-21-22(16-32)27(21)33-17-30-31-18-33/h3-5,8-9,12-13,17-18,21-22,26-27H,6-7,10-11,14-16H2,1-2H3/t21-,22+,26-,27?/m0/s1. The van der Waals surface area contributed by atoms with Crippen LogP contribution >= 0.6 is 10.2 Å². The Kier molecular flexibility index (Phi) is 5.84. The molecule has 2 aliphatic heterocycles. The highest BCUT2D eigenvalue weighted by molar-refractivity contribution is 8.30. The quantitative estimate of drug-likeness (QED) is 0.462. The lowest BCUT2D eigenvalue weighted by Crippen LogP contribution is -2.30. The Balaban J connectivity index is 1.19. The zero-order valence-corrected chi connectivity index (χ0v) is 21.2.